The lowest BCUT2D eigenvalue weighted by atomic mass is 10.2. The number of carbonyl (C=O) groups is 1. The van der Waals surface area contributed by atoms with Gasteiger partial charge in [-0.3, -0.25) is 4.18 Å². The van der Waals surface area contributed by atoms with Crippen LogP contribution in [0.1, 0.15) is 10.4 Å². The summed E-state index contributed by atoms with van der Waals surface area (Å²) in [6.07, 6.45) is -4.81. The molecule has 100 valence electrons. The van der Waals surface area contributed by atoms with Gasteiger partial charge in [0.25, 0.3) is 10.1 Å². The van der Waals surface area contributed by atoms with Crippen LogP contribution in [-0.4, -0.2) is 27.2 Å². The van der Waals surface area contributed by atoms with Crippen molar-refractivity contribution in [1.82, 2.24) is 0 Å². The van der Waals surface area contributed by atoms with Gasteiger partial charge in [-0.25, -0.2) is 0 Å². The molecule has 0 aliphatic rings. The first-order valence-electron chi connectivity index (χ1n) is 4.39. The van der Waals surface area contributed by atoms with Crippen molar-refractivity contribution in [3.05, 3.63) is 29.8 Å². The molecule has 0 spiro atoms. The van der Waals surface area contributed by atoms with E-state index in [1.807, 2.05) is 0 Å². The molecule has 0 atom stereocenters. The summed E-state index contributed by atoms with van der Waals surface area (Å²) in [5.41, 5.74) is -0.480. The van der Waals surface area contributed by atoms with Crippen molar-refractivity contribution in [2.75, 3.05) is 6.61 Å². The molecule has 1 aromatic rings. The zero-order valence-corrected chi connectivity index (χ0v) is 9.42. The third kappa shape index (κ3) is 4.00. The van der Waals surface area contributed by atoms with Crippen LogP contribution >= 0.6 is 0 Å². The Morgan fingerprint density at radius 3 is 2.44 bits per heavy atom. The Morgan fingerprint density at radius 1 is 1.33 bits per heavy atom. The Labute approximate surface area is 99.9 Å². The molecule has 0 bridgehead atoms. The largest absolute Gasteiger partial charge is 0.545 e. The van der Waals surface area contributed by atoms with Gasteiger partial charge in [0.15, 0.2) is 6.61 Å². The van der Waals surface area contributed by atoms with E-state index in [-0.39, 0.29) is 0 Å². The van der Waals surface area contributed by atoms with Gasteiger partial charge in [-0.05, 0) is 17.7 Å². The summed E-state index contributed by atoms with van der Waals surface area (Å²) >= 11 is 0. The molecule has 0 aliphatic carbocycles. The van der Waals surface area contributed by atoms with Gasteiger partial charge >= 0.3 is 6.18 Å². The maximum atomic E-state index is 11.8. The lowest BCUT2D eigenvalue weighted by Gasteiger charge is -2.09. The van der Waals surface area contributed by atoms with Crippen LogP contribution in [0.5, 0.6) is 0 Å². The van der Waals surface area contributed by atoms with E-state index in [9.17, 15) is 31.5 Å². The van der Waals surface area contributed by atoms with Crippen molar-refractivity contribution in [1.29, 1.82) is 0 Å². The second-order valence-electron chi connectivity index (χ2n) is 3.15. The van der Waals surface area contributed by atoms with Gasteiger partial charge in [-0.15, -0.1) is 0 Å². The molecule has 5 nitrogen and oxygen atoms in total. The molecule has 9 heteroatoms. The van der Waals surface area contributed by atoms with E-state index in [1.54, 1.807) is 0 Å². The normalized spacial score (nSPS) is 12.4. The molecule has 0 fully saturated rings. The lowest BCUT2D eigenvalue weighted by Crippen LogP contribution is -2.23. The Morgan fingerprint density at radius 2 is 1.94 bits per heavy atom. The average Bonchev–Trinajstić information content (AvgIpc) is 2.26. The van der Waals surface area contributed by atoms with Gasteiger partial charge in [-0.1, -0.05) is 12.1 Å². The molecular weight excluding hydrogens is 277 g/mol. The van der Waals surface area contributed by atoms with Crippen molar-refractivity contribution in [2.24, 2.45) is 0 Å². The standard InChI is InChI=1S/C9H7F3O5S/c10-9(11,12)5-17-18(15,16)7-3-1-2-6(4-7)8(13)14/h1-4H,5H2,(H,13,14)/p-1. The van der Waals surface area contributed by atoms with Gasteiger partial charge in [0, 0.05) is 0 Å². The Bertz CT molecular complexity index is 550. The number of halogens is 3. The number of benzene rings is 1. The van der Waals surface area contributed by atoms with Crippen molar-refractivity contribution in [2.45, 2.75) is 11.1 Å². The highest BCUT2D eigenvalue weighted by Gasteiger charge is 2.31. The van der Waals surface area contributed by atoms with Crippen molar-refractivity contribution < 1.29 is 35.7 Å². The number of hydrogen-bond acceptors (Lipinski definition) is 5. The molecule has 0 N–H and O–H groups in total. The number of aromatic carboxylic acids is 1. The van der Waals surface area contributed by atoms with Crippen LogP contribution in [0.3, 0.4) is 0 Å². The van der Waals surface area contributed by atoms with Crippen LogP contribution in [0, 0.1) is 0 Å². The predicted molar refractivity (Wildman–Crippen MR) is 50.0 cm³/mol. The minimum Gasteiger partial charge on any atom is -0.545 e. The van der Waals surface area contributed by atoms with Crippen LogP contribution in [0.2, 0.25) is 0 Å². The van der Waals surface area contributed by atoms with Gasteiger partial charge in [0.05, 0.1) is 10.9 Å². The highest BCUT2D eigenvalue weighted by atomic mass is 32.2. The van der Waals surface area contributed by atoms with Crippen molar-refractivity contribution in [3.63, 3.8) is 0 Å². The SMILES string of the molecule is O=C([O-])c1cccc(S(=O)(=O)OCC(F)(F)F)c1. The van der Waals surface area contributed by atoms with Crippen LogP contribution in [0.15, 0.2) is 29.2 Å². The summed E-state index contributed by atoms with van der Waals surface area (Å²) < 4.78 is 61.8. The number of hydrogen-bond donors (Lipinski definition) is 0. The molecule has 1 aromatic carbocycles. The number of carboxylic acid groups (broad SMARTS) is 1. The Kier molecular flexibility index (Phi) is 3.97. The maximum Gasteiger partial charge on any atom is 0.413 e. The number of rotatable bonds is 4. The Hall–Kier alpha value is -1.61. The molecule has 18 heavy (non-hydrogen) atoms. The fourth-order valence-electron chi connectivity index (χ4n) is 0.991. The monoisotopic (exact) mass is 283 g/mol. The zero-order chi connectivity index (χ0) is 14.0. The average molecular weight is 283 g/mol. The summed E-state index contributed by atoms with van der Waals surface area (Å²) in [5.74, 6) is -1.65. The predicted octanol–water partition coefficient (Wildman–Crippen LogP) is 0.318. The fraction of sp³-hybridized carbons (Fsp3) is 0.222. The molecule has 0 saturated heterocycles. The van der Waals surface area contributed by atoms with Crippen LogP contribution < -0.4 is 5.11 Å². The molecule has 0 unspecified atom stereocenters. The first-order chi connectivity index (χ1) is 8.12. The topological polar surface area (TPSA) is 83.5 Å². The van der Waals surface area contributed by atoms with E-state index < -0.39 is 39.3 Å². The minimum atomic E-state index is -4.81. The second-order valence-corrected chi connectivity index (χ2v) is 4.76. The summed E-state index contributed by atoms with van der Waals surface area (Å²) in [5, 5.41) is 10.5. The van der Waals surface area contributed by atoms with Crippen LogP contribution in [0.25, 0.3) is 0 Å². The first-order valence-corrected chi connectivity index (χ1v) is 5.80. The van der Waals surface area contributed by atoms with Crippen LogP contribution in [0.4, 0.5) is 13.2 Å². The van der Waals surface area contributed by atoms with E-state index >= 15 is 0 Å². The Balaban J connectivity index is 2.99. The van der Waals surface area contributed by atoms with Crippen molar-refractivity contribution in [3.8, 4) is 0 Å². The third-order valence-corrected chi connectivity index (χ3v) is 3.00. The number of alkyl halides is 3. The fourth-order valence-corrected chi connectivity index (χ4v) is 1.93. The van der Waals surface area contributed by atoms with E-state index in [2.05, 4.69) is 4.18 Å². The van der Waals surface area contributed by atoms with E-state index in [0.29, 0.717) is 6.07 Å². The molecule has 0 amide bonds. The second kappa shape index (κ2) is 4.94. The van der Waals surface area contributed by atoms with Gasteiger partial charge in [-0.2, -0.15) is 21.6 Å². The summed E-state index contributed by atoms with van der Waals surface area (Å²) in [6, 6.07) is 3.66. The lowest BCUT2D eigenvalue weighted by molar-refractivity contribution is -0.255. The third-order valence-electron chi connectivity index (χ3n) is 1.74. The smallest absolute Gasteiger partial charge is 0.413 e. The molecule has 0 aliphatic heterocycles. The molecule has 1 rings (SSSR count). The number of carbonyl (C=O) groups excluding carboxylic acids is 1. The van der Waals surface area contributed by atoms with E-state index in [4.69, 9.17) is 0 Å². The molecular formula is C9H6F3O5S-. The highest BCUT2D eigenvalue weighted by molar-refractivity contribution is 7.86. The summed E-state index contributed by atoms with van der Waals surface area (Å²) in [6.45, 7) is -1.98. The summed E-state index contributed by atoms with van der Waals surface area (Å²) in [4.78, 5) is 9.78. The van der Waals surface area contributed by atoms with Gasteiger partial charge in [0.2, 0.25) is 0 Å². The van der Waals surface area contributed by atoms with Crippen molar-refractivity contribution >= 4 is 16.1 Å². The van der Waals surface area contributed by atoms with E-state index in [1.165, 1.54) is 0 Å². The zero-order valence-electron chi connectivity index (χ0n) is 8.60. The minimum absolute atomic E-state index is 0.480. The van der Waals surface area contributed by atoms with Crippen LogP contribution in [-0.2, 0) is 14.3 Å². The number of carboxylic acids is 1. The quantitative estimate of drug-likeness (QED) is 0.743. The van der Waals surface area contributed by atoms with Gasteiger partial charge in [0.1, 0.15) is 0 Å². The molecule has 0 heterocycles. The summed E-state index contributed by atoms with van der Waals surface area (Å²) in [7, 11) is -4.66. The van der Waals surface area contributed by atoms with Gasteiger partial charge < -0.3 is 9.90 Å². The maximum absolute atomic E-state index is 11.8. The first kappa shape index (κ1) is 14.5. The molecule has 0 saturated carbocycles. The van der Waals surface area contributed by atoms with E-state index in [0.717, 1.165) is 18.2 Å². The highest BCUT2D eigenvalue weighted by Crippen LogP contribution is 2.20. The molecule has 0 radical (unpaired) electrons. The molecule has 0 aromatic heterocycles.